The lowest BCUT2D eigenvalue weighted by Crippen LogP contribution is -2.34. The van der Waals surface area contributed by atoms with Crippen LogP contribution < -0.4 is 5.32 Å². The van der Waals surface area contributed by atoms with Crippen molar-refractivity contribution in [3.63, 3.8) is 0 Å². The first kappa shape index (κ1) is 20.5. The van der Waals surface area contributed by atoms with Gasteiger partial charge in [-0.15, -0.1) is 0 Å². The maximum absolute atomic E-state index is 12.4. The van der Waals surface area contributed by atoms with Crippen molar-refractivity contribution in [2.24, 2.45) is 0 Å². The highest BCUT2D eigenvalue weighted by molar-refractivity contribution is 6.30. The number of carbonyl (C=O) groups excluding carboxylic acids is 1. The number of nitrogens with zero attached hydrogens (tertiary/aromatic N) is 2. The third kappa shape index (κ3) is 5.58. The van der Waals surface area contributed by atoms with Crippen LogP contribution in [-0.2, 0) is 11.3 Å². The highest BCUT2D eigenvalue weighted by Crippen LogP contribution is 2.17. The molecule has 26 heavy (non-hydrogen) atoms. The van der Waals surface area contributed by atoms with Gasteiger partial charge in [0.25, 0.3) is 5.91 Å². The number of amides is 1. The zero-order valence-corrected chi connectivity index (χ0v) is 16.8. The van der Waals surface area contributed by atoms with Crippen LogP contribution in [0, 0.1) is 13.8 Å². The number of rotatable bonds is 9. The minimum Gasteiger partial charge on any atom is -0.377 e. The maximum atomic E-state index is 12.4. The molecule has 1 unspecified atom stereocenters. The van der Waals surface area contributed by atoms with E-state index in [9.17, 15) is 4.79 Å². The van der Waals surface area contributed by atoms with Gasteiger partial charge in [0.1, 0.15) is 5.69 Å². The summed E-state index contributed by atoms with van der Waals surface area (Å²) in [6.45, 7) is 9.80. The SMILES string of the molecule is CCCC(CNC(=O)c1cc(C)n(Cc2cc(Cl)ccc2C)n1)OCC. The van der Waals surface area contributed by atoms with Crippen LogP contribution >= 0.6 is 11.6 Å². The number of nitrogens with one attached hydrogen (secondary N) is 1. The van der Waals surface area contributed by atoms with Gasteiger partial charge in [-0.1, -0.05) is 31.0 Å². The van der Waals surface area contributed by atoms with Gasteiger partial charge in [0.15, 0.2) is 0 Å². The van der Waals surface area contributed by atoms with E-state index in [-0.39, 0.29) is 12.0 Å². The van der Waals surface area contributed by atoms with E-state index in [4.69, 9.17) is 16.3 Å². The standard InChI is InChI=1S/C20H28ClN3O2/c1-5-7-18(26-6-2)12-22-20(25)19-10-15(4)24(23-19)13-16-11-17(21)9-8-14(16)3/h8-11,18H,5-7,12-13H2,1-4H3,(H,22,25). The van der Waals surface area contributed by atoms with Crippen molar-refractivity contribution in [3.05, 3.63) is 51.8 Å². The molecule has 0 bridgehead atoms. The normalized spacial score (nSPS) is 12.2. The predicted octanol–water partition coefficient (Wildman–Crippen LogP) is 4.14. The molecule has 0 spiro atoms. The molecule has 1 atom stereocenters. The Morgan fingerprint density at radius 3 is 2.77 bits per heavy atom. The Balaban J connectivity index is 2.04. The second-order valence-corrected chi connectivity index (χ2v) is 6.91. The lowest BCUT2D eigenvalue weighted by atomic mass is 10.1. The molecule has 0 saturated heterocycles. The highest BCUT2D eigenvalue weighted by Gasteiger charge is 2.15. The first-order valence-electron chi connectivity index (χ1n) is 9.13. The zero-order valence-electron chi connectivity index (χ0n) is 16.0. The lowest BCUT2D eigenvalue weighted by molar-refractivity contribution is 0.0533. The Morgan fingerprint density at radius 2 is 2.08 bits per heavy atom. The van der Waals surface area contributed by atoms with Crippen LogP contribution in [0.3, 0.4) is 0 Å². The van der Waals surface area contributed by atoms with E-state index in [2.05, 4.69) is 17.3 Å². The van der Waals surface area contributed by atoms with E-state index in [0.29, 0.717) is 30.4 Å². The fourth-order valence-electron chi connectivity index (χ4n) is 2.85. The van der Waals surface area contributed by atoms with Gasteiger partial charge in [0.2, 0.25) is 0 Å². The van der Waals surface area contributed by atoms with Crippen molar-refractivity contribution in [1.82, 2.24) is 15.1 Å². The number of aromatic nitrogens is 2. The average molecular weight is 378 g/mol. The van der Waals surface area contributed by atoms with Gasteiger partial charge in [-0.2, -0.15) is 5.10 Å². The van der Waals surface area contributed by atoms with Crippen LogP contribution in [0.2, 0.25) is 5.02 Å². The van der Waals surface area contributed by atoms with Crippen molar-refractivity contribution in [2.45, 2.75) is 53.2 Å². The van der Waals surface area contributed by atoms with Crippen LogP contribution in [0.5, 0.6) is 0 Å². The summed E-state index contributed by atoms with van der Waals surface area (Å²) in [7, 11) is 0. The van der Waals surface area contributed by atoms with E-state index in [1.165, 1.54) is 0 Å². The van der Waals surface area contributed by atoms with Gasteiger partial charge in [0.05, 0.1) is 12.6 Å². The van der Waals surface area contributed by atoms with Gasteiger partial charge in [-0.25, -0.2) is 0 Å². The van der Waals surface area contributed by atoms with Crippen LogP contribution in [0.25, 0.3) is 0 Å². The molecule has 0 saturated carbocycles. The minimum absolute atomic E-state index is 0.0474. The lowest BCUT2D eigenvalue weighted by Gasteiger charge is -2.16. The van der Waals surface area contributed by atoms with Crippen LogP contribution in [-0.4, -0.2) is 34.9 Å². The fraction of sp³-hybridized carbons (Fsp3) is 0.500. The average Bonchev–Trinajstić information content (AvgIpc) is 2.97. The monoisotopic (exact) mass is 377 g/mol. The molecule has 1 N–H and O–H groups in total. The molecule has 0 aliphatic rings. The van der Waals surface area contributed by atoms with Gasteiger partial charge in [-0.05, 0) is 56.5 Å². The molecular formula is C20H28ClN3O2. The van der Waals surface area contributed by atoms with Gasteiger partial charge < -0.3 is 10.1 Å². The summed E-state index contributed by atoms with van der Waals surface area (Å²) in [5, 5.41) is 8.10. The molecule has 0 aliphatic carbocycles. The van der Waals surface area contributed by atoms with Crippen molar-refractivity contribution < 1.29 is 9.53 Å². The Kier molecular flexibility index (Phi) is 7.66. The Bertz CT molecular complexity index is 737. The van der Waals surface area contributed by atoms with Crippen molar-refractivity contribution >= 4 is 17.5 Å². The minimum atomic E-state index is -0.171. The van der Waals surface area contributed by atoms with E-state index in [1.807, 2.05) is 49.7 Å². The second kappa shape index (κ2) is 9.74. The molecule has 1 aromatic carbocycles. The Hall–Kier alpha value is -1.85. The number of ether oxygens (including phenoxy) is 1. The smallest absolute Gasteiger partial charge is 0.271 e. The third-order valence-electron chi connectivity index (χ3n) is 4.35. The van der Waals surface area contributed by atoms with Crippen LogP contribution in [0.4, 0.5) is 0 Å². The summed E-state index contributed by atoms with van der Waals surface area (Å²) < 4.78 is 7.48. The largest absolute Gasteiger partial charge is 0.377 e. The third-order valence-corrected chi connectivity index (χ3v) is 4.58. The van der Waals surface area contributed by atoms with Gasteiger partial charge in [-0.3, -0.25) is 9.48 Å². The van der Waals surface area contributed by atoms with Crippen LogP contribution in [0.1, 0.15) is 54.0 Å². The van der Waals surface area contributed by atoms with Crippen LogP contribution in [0.15, 0.2) is 24.3 Å². The molecular weight excluding hydrogens is 350 g/mol. The number of halogens is 1. The molecule has 6 heteroatoms. The number of aryl methyl sites for hydroxylation is 2. The van der Waals surface area contributed by atoms with E-state index >= 15 is 0 Å². The summed E-state index contributed by atoms with van der Waals surface area (Å²) in [6, 6.07) is 7.62. The Morgan fingerprint density at radius 1 is 1.31 bits per heavy atom. The summed E-state index contributed by atoms with van der Waals surface area (Å²) in [5.74, 6) is -0.171. The molecule has 0 fully saturated rings. The molecule has 142 valence electrons. The molecule has 1 aromatic heterocycles. The molecule has 0 aliphatic heterocycles. The quantitative estimate of drug-likeness (QED) is 0.714. The molecule has 2 aromatic rings. The van der Waals surface area contributed by atoms with E-state index < -0.39 is 0 Å². The van der Waals surface area contributed by atoms with E-state index in [1.54, 1.807) is 0 Å². The van der Waals surface area contributed by atoms with Crippen molar-refractivity contribution in [1.29, 1.82) is 0 Å². The summed E-state index contributed by atoms with van der Waals surface area (Å²) in [6.07, 6.45) is 1.99. The first-order valence-corrected chi connectivity index (χ1v) is 9.51. The maximum Gasteiger partial charge on any atom is 0.271 e. The molecule has 0 radical (unpaired) electrons. The molecule has 1 heterocycles. The number of hydrogen-bond donors (Lipinski definition) is 1. The summed E-state index contributed by atoms with van der Waals surface area (Å²) >= 11 is 6.10. The Labute approximate surface area is 160 Å². The van der Waals surface area contributed by atoms with Gasteiger partial charge in [0, 0.05) is 23.9 Å². The van der Waals surface area contributed by atoms with Crippen molar-refractivity contribution in [2.75, 3.05) is 13.2 Å². The van der Waals surface area contributed by atoms with Crippen molar-refractivity contribution in [3.8, 4) is 0 Å². The number of benzene rings is 1. The first-order chi connectivity index (χ1) is 12.4. The summed E-state index contributed by atoms with van der Waals surface area (Å²) in [4.78, 5) is 12.4. The number of hydrogen-bond acceptors (Lipinski definition) is 3. The highest BCUT2D eigenvalue weighted by atomic mass is 35.5. The second-order valence-electron chi connectivity index (χ2n) is 6.48. The fourth-order valence-corrected chi connectivity index (χ4v) is 3.05. The molecule has 5 nitrogen and oxygen atoms in total. The van der Waals surface area contributed by atoms with E-state index in [0.717, 1.165) is 29.7 Å². The topological polar surface area (TPSA) is 56.2 Å². The number of carbonyl (C=O) groups is 1. The summed E-state index contributed by atoms with van der Waals surface area (Å²) in [5.41, 5.74) is 3.60. The zero-order chi connectivity index (χ0) is 19.1. The predicted molar refractivity (Wildman–Crippen MR) is 105 cm³/mol. The molecule has 2 rings (SSSR count). The molecule has 1 amide bonds. The van der Waals surface area contributed by atoms with Gasteiger partial charge >= 0.3 is 0 Å².